The third kappa shape index (κ3) is 3.75. The van der Waals surface area contributed by atoms with Crippen molar-refractivity contribution in [1.82, 2.24) is 4.98 Å². The minimum Gasteiger partial charge on any atom is -0.323 e. The van der Waals surface area contributed by atoms with Crippen molar-refractivity contribution in [2.45, 2.75) is 32.2 Å². The Kier molecular flexibility index (Phi) is 4.11. The molecule has 0 unspecified atom stereocenters. The van der Waals surface area contributed by atoms with Gasteiger partial charge in [-0.1, -0.05) is 6.92 Å². The number of hydrogen-bond donors (Lipinski definition) is 3. The molecule has 2 rings (SSSR count). The number of nitrogens with one attached hydrogen (secondary N) is 2. The van der Waals surface area contributed by atoms with E-state index in [4.69, 9.17) is 5.73 Å². The Morgan fingerprint density at radius 2 is 2.16 bits per heavy atom. The summed E-state index contributed by atoms with van der Waals surface area (Å²) < 4.78 is 0. The van der Waals surface area contributed by atoms with E-state index in [-0.39, 0.29) is 17.7 Å². The fourth-order valence-electron chi connectivity index (χ4n) is 1.54. The Labute approximate surface area is 111 Å². The number of amides is 2. The molecular formula is C13H18N4O2. The molecule has 102 valence electrons. The number of nitrogens with zero attached hydrogens (tertiary/aromatic N) is 1. The molecule has 4 N–H and O–H groups in total. The number of pyridine rings is 1. The van der Waals surface area contributed by atoms with Crippen LogP contribution in [-0.4, -0.2) is 22.8 Å². The van der Waals surface area contributed by atoms with Gasteiger partial charge in [-0.15, -0.1) is 0 Å². The maximum Gasteiger partial charge on any atom is 0.241 e. The molecule has 1 saturated carbocycles. The summed E-state index contributed by atoms with van der Waals surface area (Å²) in [7, 11) is 0. The smallest absolute Gasteiger partial charge is 0.241 e. The highest BCUT2D eigenvalue weighted by Gasteiger charge is 2.29. The van der Waals surface area contributed by atoms with Crippen molar-refractivity contribution in [2.24, 2.45) is 11.7 Å². The molecule has 0 saturated heterocycles. The normalized spacial score (nSPS) is 15.7. The average molecular weight is 262 g/mol. The Morgan fingerprint density at radius 3 is 2.68 bits per heavy atom. The molecule has 0 bridgehead atoms. The second kappa shape index (κ2) is 5.79. The lowest BCUT2D eigenvalue weighted by molar-refractivity contribution is -0.118. The molecule has 6 nitrogen and oxygen atoms in total. The van der Waals surface area contributed by atoms with Crippen LogP contribution in [0.3, 0.4) is 0 Å². The molecule has 1 aliphatic rings. The van der Waals surface area contributed by atoms with Crippen LogP contribution in [0.2, 0.25) is 0 Å². The third-order valence-corrected chi connectivity index (χ3v) is 3.01. The summed E-state index contributed by atoms with van der Waals surface area (Å²) in [4.78, 5) is 27.2. The zero-order valence-corrected chi connectivity index (χ0v) is 10.8. The average Bonchev–Trinajstić information content (AvgIpc) is 3.24. The van der Waals surface area contributed by atoms with E-state index in [1.807, 2.05) is 6.92 Å². The molecule has 0 spiro atoms. The van der Waals surface area contributed by atoms with Gasteiger partial charge in [-0.3, -0.25) is 9.59 Å². The van der Waals surface area contributed by atoms with E-state index >= 15 is 0 Å². The van der Waals surface area contributed by atoms with Gasteiger partial charge in [0.05, 0.1) is 17.9 Å². The largest absolute Gasteiger partial charge is 0.323 e. The molecule has 6 heteroatoms. The zero-order valence-electron chi connectivity index (χ0n) is 10.8. The van der Waals surface area contributed by atoms with E-state index in [1.165, 1.54) is 6.20 Å². The first-order valence-electron chi connectivity index (χ1n) is 6.43. The SMILES string of the molecule is CC[C@H](N)C(=O)Nc1ccc(NC(=O)C2CC2)nc1. The number of aromatic nitrogens is 1. The number of anilines is 2. The summed E-state index contributed by atoms with van der Waals surface area (Å²) in [6.07, 6.45) is 3.99. The van der Waals surface area contributed by atoms with Crippen molar-refractivity contribution in [3.05, 3.63) is 18.3 Å². The summed E-state index contributed by atoms with van der Waals surface area (Å²) >= 11 is 0. The van der Waals surface area contributed by atoms with Crippen LogP contribution >= 0.6 is 0 Å². The fourth-order valence-corrected chi connectivity index (χ4v) is 1.54. The first-order chi connectivity index (χ1) is 9.10. The van der Waals surface area contributed by atoms with E-state index in [2.05, 4.69) is 15.6 Å². The summed E-state index contributed by atoms with van der Waals surface area (Å²) in [6, 6.07) is 2.83. The number of nitrogens with two attached hydrogens (primary N) is 1. The zero-order chi connectivity index (χ0) is 13.8. The second-order valence-electron chi connectivity index (χ2n) is 4.70. The van der Waals surface area contributed by atoms with E-state index in [1.54, 1.807) is 12.1 Å². The van der Waals surface area contributed by atoms with Crippen LogP contribution in [-0.2, 0) is 9.59 Å². The van der Waals surface area contributed by atoms with Crippen molar-refractivity contribution in [3.8, 4) is 0 Å². The van der Waals surface area contributed by atoms with Crippen molar-refractivity contribution >= 4 is 23.3 Å². The predicted molar refractivity (Wildman–Crippen MR) is 72.5 cm³/mol. The van der Waals surface area contributed by atoms with Gasteiger partial charge in [0.2, 0.25) is 11.8 Å². The summed E-state index contributed by atoms with van der Waals surface area (Å²) in [5.41, 5.74) is 6.18. The third-order valence-electron chi connectivity index (χ3n) is 3.01. The first kappa shape index (κ1) is 13.5. The van der Waals surface area contributed by atoms with Gasteiger partial charge in [0.15, 0.2) is 0 Å². The van der Waals surface area contributed by atoms with Gasteiger partial charge in [-0.2, -0.15) is 0 Å². The number of carbonyl (C=O) groups is 2. The van der Waals surface area contributed by atoms with Gasteiger partial charge in [-0.05, 0) is 31.4 Å². The van der Waals surface area contributed by atoms with Gasteiger partial charge in [0.1, 0.15) is 5.82 Å². The highest BCUT2D eigenvalue weighted by molar-refractivity contribution is 5.95. The van der Waals surface area contributed by atoms with Crippen LogP contribution in [0, 0.1) is 5.92 Å². The fraction of sp³-hybridized carbons (Fsp3) is 0.462. The minimum atomic E-state index is -0.519. The molecule has 19 heavy (non-hydrogen) atoms. The molecule has 2 amide bonds. The molecule has 1 atom stereocenters. The van der Waals surface area contributed by atoms with Crippen LogP contribution in [0.15, 0.2) is 18.3 Å². The van der Waals surface area contributed by atoms with E-state index in [9.17, 15) is 9.59 Å². The molecule has 0 aromatic carbocycles. The molecule has 1 fully saturated rings. The number of carbonyl (C=O) groups excluding carboxylic acids is 2. The lowest BCUT2D eigenvalue weighted by atomic mass is 10.2. The molecule has 0 aliphatic heterocycles. The van der Waals surface area contributed by atoms with Crippen LogP contribution in [0.25, 0.3) is 0 Å². The Hall–Kier alpha value is -1.95. The van der Waals surface area contributed by atoms with Crippen molar-refractivity contribution < 1.29 is 9.59 Å². The molecule has 1 heterocycles. The van der Waals surface area contributed by atoms with Crippen LogP contribution in [0.1, 0.15) is 26.2 Å². The maximum absolute atomic E-state index is 11.6. The molecule has 1 aromatic rings. The summed E-state index contributed by atoms with van der Waals surface area (Å²) in [5, 5.41) is 5.40. The summed E-state index contributed by atoms with van der Waals surface area (Å²) in [5.74, 6) is 0.412. The van der Waals surface area contributed by atoms with Crippen molar-refractivity contribution in [1.29, 1.82) is 0 Å². The van der Waals surface area contributed by atoms with Gasteiger partial charge in [-0.25, -0.2) is 4.98 Å². The van der Waals surface area contributed by atoms with E-state index < -0.39 is 6.04 Å². The second-order valence-corrected chi connectivity index (χ2v) is 4.70. The molecule has 1 aliphatic carbocycles. The van der Waals surface area contributed by atoms with Crippen LogP contribution in [0.4, 0.5) is 11.5 Å². The quantitative estimate of drug-likeness (QED) is 0.740. The maximum atomic E-state index is 11.6. The van der Waals surface area contributed by atoms with E-state index in [0.29, 0.717) is 17.9 Å². The van der Waals surface area contributed by atoms with Gasteiger partial charge >= 0.3 is 0 Å². The minimum absolute atomic E-state index is 0.0114. The topological polar surface area (TPSA) is 97.1 Å². The van der Waals surface area contributed by atoms with Gasteiger partial charge in [0.25, 0.3) is 0 Å². The first-order valence-corrected chi connectivity index (χ1v) is 6.43. The molecule has 0 radical (unpaired) electrons. The monoisotopic (exact) mass is 262 g/mol. The van der Waals surface area contributed by atoms with Crippen LogP contribution < -0.4 is 16.4 Å². The highest BCUT2D eigenvalue weighted by atomic mass is 16.2. The lowest BCUT2D eigenvalue weighted by Crippen LogP contribution is -2.34. The Morgan fingerprint density at radius 1 is 1.42 bits per heavy atom. The standard InChI is InChI=1S/C13H18N4O2/c1-2-10(14)13(19)16-9-5-6-11(15-7-9)17-12(18)8-3-4-8/h5-8,10H,2-4,14H2,1H3,(H,16,19)(H,15,17,18)/t10-/m0/s1. The van der Waals surface area contributed by atoms with Crippen molar-refractivity contribution in [3.63, 3.8) is 0 Å². The molecule has 1 aromatic heterocycles. The highest BCUT2D eigenvalue weighted by Crippen LogP contribution is 2.29. The van der Waals surface area contributed by atoms with Gasteiger partial charge < -0.3 is 16.4 Å². The van der Waals surface area contributed by atoms with Gasteiger partial charge in [0, 0.05) is 5.92 Å². The van der Waals surface area contributed by atoms with E-state index in [0.717, 1.165) is 12.8 Å². The summed E-state index contributed by atoms with van der Waals surface area (Å²) in [6.45, 7) is 1.85. The number of rotatable bonds is 5. The van der Waals surface area contributed by atoms with Crippen LogP contribution in [0.5, 0.6) is 0 Å². The predicted octanol–water partition coefficient (Wildman–Crippen LogP) is 1.11. The Balaban J connectivity index is 1.90. The lowest BCUT2D eigenvalue weighted by Gasteiger charge is -2.10. The Bertz CT molecular complexity index is 468. The van der Waals surface area contributed by atoms with Crippen molar-refractivity contribution in [2.75, 3.05) is 10.6 Å². The number of hydrogen-bond acceptors (Lipinski definition) is 4. The molecular weight excluding hydrogens is 244 g/mol.